The van der Waals surface area contributed by atoms with E-state index in [0.717, 1.165) is 22.8 Å². The standard InChI is InChI=1S/C21H21F3N2O/c1-12-4-5-15(13(2)8-12)14-9-16-18(17(10-14)21(22,23)24)19(27)26-7-6-25-11-20(16,26)3/h4-5,8-10,25H,6-7,11H2,1-3H3. The van der Waals surface area contributed by atoms with E-state index in [0.29, 0.717) is 30.8 Å². The summed E-state index contributed by atoms with van der Waals surface area (Å²) in [5, 5.41) is 3.22. The lowest BCUT2D eigenvalue weighted by molar-refractivity contribution is -0.137. The lowest BCUT2D eigenvalue weighted by atomic mass is 9.85. The Balaban J connectivity index is 2.01. The molecule has 1 unspecified atom stereocenters. The average molecular weight is 374 g/mol. The molecule has 1 amide bonds. The summed E-state index contributed by atoms with van der Waals surface area (Å²) >= 11 is 0. The number of hydrogen-bond donors (Lipinski definition) is 1. The number of rotatable bonds is 1. The summed E-state index contributed by atoms with van der Waals surface area (Å²) in [5.74, 6) is -0.520. The van der Waals surface area contributed by atoms with E-state index in [9.17, 15) is 18.0 Å². The Morgan fingerprint density at radius 3 is 2.56 bits per heavy atom. The van der Waals surface area contributed by atoms with Crippen molar-refractivity contribution in [2.45, 2.75) is 32.5 Å². The lowest BCUT2D eigenvalue weighted by Crippen LogP contribution is -2.55. The highest BCUT2D eigenvalue weighted by molar-refractivity contribution is 6.02. The first-order valence-corrected chi connectivity index (χ1v) is 8.99. The van der Waals surface area contributed by atoms with Crippen LogP contribution in [0.25, 0.3) is 11.1 Å². The lowest BCUT2D eigenvalue weighted by Gasteiger charge is -2.40. The van der Waals surface area contributed by atoms with Crippen LogP contribution in [-0.2, 0) is 11.7 Å². The number of nitrogens with one attached hydrogen (secondary N) is 1. The van der Waals surface area contributed by atoms with Gasteiger partial charge in [0.05, 0.1) is 16.7 Å². The van der Waals surface area contributed by atoms with Crippen molar-refractivity contribution in [1.82, 2.24) is 10.2 Å². The van der Waals surface area contributed by atoms with Gasteiger partial charge >= 0.3 is 6.18 Å². The van der Waals surface area contributed by atoms with Gasteiger partial charge in [0, 0.05) is 19.6 Å². The Kier molecular flexibility index (Phi) is 3.89. The number of piperazine rings is 1. The molecule has 0 bridgehead atoms. The van der Waals surface area contributed by atoms with E-state index in [1.54, 1.807) is 11.0 Å². The number of carbonyl (C=O) groups is 1. The predicted molar refractivity (Wildman–Crippen MR) is 97.6 cm³/mol. The highest BCUT2D eigenvalue weighted by Crippen LogP contribution is 2.47. The van der Waals surface area contributed by atoms with E-state index in [-0.39, 0.29) is 5.56 Å². The van der Waals surface area contributed by atoms with Crippen LogP contribution < -0.4 is 5.32 Å². The van der Waals surface area contributed by atoms with E-state index in [2.05, 4.69) is 5.32 Å². The molecule has 0 radical (unpaired) electrons. The predicted octanol–water partition coefficient (Wildman–Crippen LogP) is 4.26. The first-order valence-electron chi connectivity index (χ1n) is 8.99. The zero-order chi connectivity index (χ0) is 19.6. The van der Waals surface area contributed by atoms with Gasteiger partial charge in [0.2, 0.25) is 0 Å². The minimum atomic E-state index is -4.59. The van der Waals surface area contributed by atoms with Crippen molar-refractivity contribution in [2.24, 2.45) is 0 Å². The van der Waals surface area contributed by atoms with Crippen molar-refractivity contribution in [3.63, 3.8) is 0 Å². The number of nitrogens with zero attached hydrogens (tertiary/aromatic N) is 1. The Hall–Kier alpha value is -2.34. The van der Waals surface area contributed by atoms with Crippen molar-refractivity contribution in [1.29, 1.82) is 0 Å². The van der Waals surface area contributed by atoms with Crippen LogP contribution in [0.5, 0.6) is 0 Å². The van der Waals surface area contributed by atoms with Crippen LogP contribution in [0.2, 0.25) is 0 Å². The van der Waals surface area contributed by atoms with Crippen molar-refractivity contribution in [3.8, 4) is 11.1 Å². The summed E-state index contributed by atoms with van der Waals surface area (Å²) in [6, 6.07) is 8.60. The van der Waals surface area contributed by atoms with Crippen LogP contribution in [0.4, 0.5) is 13.2 Å². The first-order chi connectivity index (χ1) is 12.6. The molecule has 142 valence electrons. The largest absolute Gasteiger partial charge is 0.417 e. The van der Waals surface area contributed by atoms with E-state index >= 15 is 0 Å². The molecule has 2 aliphatic rings. The number of halogens is 3. The molecular formula is C21H21F3N2O. The third kappa shape index (κ3) is 2.65. The Labute approximate surface area is 156 Å². The van der Waals surface area contributed by atoms with Crippen LogP contribution in [0.1, 0.15) is 39.5 Å². The van der Waals surface area contributed by atoms with Crippen LogP contribution in [-0.4, -0.2) is 30.4 Å². The number of alkyl halides is 3. The third-order valence-corrected chi connectivity index (χ3v) is 5.75. The van der Waals surface area contributed by atoms with Gasteiger partial charge < -0.3 is 10.2 Å². The zero-order valence-electron chi connectivity index (χ0n) is 15.5. The number of hydrogen-bond acceptors (Lipinski definition) is 2. The van der Waals surface area contributed by atoms with Crippen LogP contribution in [0.15, 0.2) is 30.3 Å². The molecule has 1 fully saturated rings. The monoisotopic (exact) mass is 374 g/mol. The molecule has 27 heavy (non-hydrogen) atoms. The van der Waals surface area contributed by atoms with Gasteiger partial charge in [0.15, 0.2) is 0 Å². The highest BCUT2D eigenvalue weighted by Gasteiger charge is 2.51. The molecule has 0 saturated carbocycles. The van der Waals surface area contributed by atoms with E-state index in [4.69, 9.17) is 0 Å². The highest BCUT2D eigenvalue weighted by atomic mass is 19.4. The Morgan fingerprint density at radius 2 is 1.89 bits per heavy atom. The second kappa shape index (κ2) is 5.83. The molecule has 6 heteroatoms. The van der Waals surface area contributed by atoms with Crippen LogP contribution in [0, 0.1) is 13.8 Å². The fraction of sp³-hybridized carbons (Fsp3) is 0.381. The number of aryl methyl sites for hydroxylation is 2. The van der Waals surface area contributed by atoms with Gasteiger partial charge in [-0.15, -0.1) is 0 Å². The van der Waals surface area contributed by atoms with E-state index in [1.807, 2.05) is 39.0 Å². The number of fused-ring (bicyclic) bond motifs is 3. The molecule has 1 atom stereocenters. The number of carbonyl (C=O) groups excluding carboxylic acids is 1. The summed E-state index contributed by atoms with van der Waals surface area (Å²) in [5.41, 5.74) is 1.89. The summed E-state index contributed by atoms with van der Waals surface area (Å²) in [6.45, 7) is 7.12. The van der Waals surface area contributed by atoms with Crippen molar-refractivity contribution >= 4 is 5.91 Å². The normalized spacial score (nSPS) is 22.0. The minimum absolute atomic E-state index is 0.192. The number of amides is 1. The zero-order valence-corrected chi connectivity index (χ0v) is 15.5. The average Bonchev–Trinajstić information content (AvgIpc) is 2.81. The molecule has 2 aromatic rings. The Morgan fingerprint density at radius 1 is 1.15 bits per heavy atom. The molecule has 4 rings (SSSR count). The molecule has 3 nitrogen and oxygen atoms in total. The molecule has 2 aromatic carbocycles. The maximum absolute atomic E-state index is 13.9. The fourth-order valence-electron chi connectivity index (χ4n) is 4.38. The quantitative estimate of drug-likeness (QED) is 0.809. The summed E-state index contributed by atoms with van der Waals surface area (Å²) in [6.07, 6.45) is -4.59. The fourth-order valence-corrected chi connectivity index (χ4v) is 4.38. The third-order valence-electron chi connectivity index (χ3n) is 5.75. The summed E-state index contributed by atoms with van der Waals surface area (Å²) in [4.78, 5) is 14.4. The van der Waals surface area contributed by atoms with E-state index in [1.165, 1.54) is 0 Å². The van der Waals surface area contributed by atoms with Crippen molar-refractivity contribution in [3.05, 3.63) is 58.1 Å². The van der Waals surface area contributed by atoms with Crippen molar-refractivity contribution in [2.75, 3.05) is 19.6 Å². The van der Waals surface area contributed by atoms with Crippen LogP contribution >= 0.6 is 0 Å². The second-order valence-corrected chi connectivity index (χ2v) is 7.67. The smallest absolute Gasteiger partial charge is 0.327 e. The van der Waals surface area contributed by atoms with E-state index < -0.39 is 23.2 Å². The minimum Gasteiger partial charge on any atom is -0.327 e. The summed E-state index contributed by atoms with van der Waals surface area (Å²) in [7, 11) is 0. The Bertz CT molecular complexity index is 951. The van der Waals surface area contributed by atoms with Gasteiger partial charge in [-0.2, -0.15) is 13.2 Å². The maximum Gasteiger partial charge on any atom is 0.417 e. The molecule has 1 saturated heterocycles. The van der Waals surface area contributed by atoms with Crippen LogP contribution in [0.3, 0.4) is 0 Å². The first kappa shape index (κ1) is 18.0. The second-order valence-electron chi connectivity index (χ2n) is 7.67. The molecule has 1 N–H and O–H groups in total. The maximum atomic E-state index is 13.9. The van der Waals surface area contributed by atoms with Crippen molar-refractivity contribution < 1.29 is 18.0 Å². The van der Waals surface area contributed by atoms with Gasteiger partial charge in [0.1, 0.15) is 0 Å². The van der Waals surface area contributed by atoms with Gasteiger partial charge in [-0.05, 0) is 55.2 Å². The van der Waals surface area contributed by atoms with Gasteiger partial charge in [0.25, 0.3) is 5.91 Å². The van der Waals surface area contributed by atoms with Gasteiger partial charge in [-0.25, -0.2) is 0 Å². The molecule has 0 aliphatic carbocycles. The molecule has 2 aliphatic heterocycles. The molecule has 0 aromatic heterocycles. The topological polar surface area (TPSA) is 32.3 Å². The SMILES string of the molecule is Cc1ccc(-c2cc(C(F)(F)F)c3c(c2)C2(C)CNCCN2C3=O)c(C)c1. The van der Waals surface area contributed by atoms with Gasteiger partial charge in [-0.3, -0.25) is 4.79 Å². The molecule has 0 spiro atoms. The number of benzene rings is 2. The van der Waals surface area contributed by atoms with Gasteiger partial charge in [-0.1, -0.05) is 23.8 Å². The molecule has 2 heterocycles. The summed E-state index contributed by atoms with van der Waals surface area (Å²) < 4.78 is 41.7. The molecular weight excluding hydrogens is 353 g/mol.